The van der Waals surface area contributed by atoms with Crippen molar-refractivity contribution in [2.24, 2.45) is 0 Å². The molecule has 0 bridgehead atoms. The molecular formula is C11H14N2S. The third-order valence-corrected chi connectivity index (χ3v) is 3.34. The fraction of sp³-hybridized carbons (Fsp3) is 0.364. The molecule has 0 aliphatic rings. The van der Waals surface area contributed by atoms with Crippen molar-refractivity contribution in [3.8, 4) is 0 Å². The molecule has 1 unspecified atom stereocenters. The molecule has 2 nitrogen and oxygen atoms in total. The number of rotatable bonds is 2. The Labute approximate surface area is 88.4 Å². The van der Waals surface area contributed by atoms with Crippen LogP contribution in [0.3, 0.4) is 0 Å². The first kappa shape index (κ1) is 9.59. The first-order chi connectivity index (χ1) is 6.70. The van der Waals surface area contributed by atoms with Gasteiger partial charge in [-0.25, -0.2) is 4.98 Å². The van der Waals surface area contributed by atoms with Crippen molar-refractivity contribution < 1.29 is 0 Å². The third kappa shape index (κ3) is 1.64. The Balaban J connectivity index is 2.51. The van der Waals surface area contributed by atoms with E-state index in [9.17, 15) is 0 Å². The molecular weight excluding hydrogens is 192 g/mol. The molecule has 0 aliphatic heterocycles. The zero-order valence-electron chi connectivity index (χ0n) is 8.69. The van der Waals surface area contributed by atoms with Gasteiger partial charge in [0, 0.05) is 17.6 Å². The zero-order chi connectivity index (χ0) is 10.1. The molecule has 0 spiro atoms. The summed E-state index contributed by atoms with van der Waals surface area (Å²) >= 11 is 1.82. The second-order valence-electron chi connectivity index (χ2n) is 3.52. The van der Waals surface area contributed by atoms with Crippen LogP contribution in [0, 0.1) is 6.92 Å². The van der Waals surface area contributed by atoms with Gasteiger partial charge in [0.25, 0.3) is 0 Å². The number of aryl methyl sites for hydroxylation is 1. The average molecular weight is 206 g/mol. The van der Waals surface area contributed by atoms with E-state index in [4.69, 9.17) is 0 Å². The molecule has 2 rings (SSSR count). The van der Waals surface area contributed by atoms with Gasteiger partial charge in [0.05, 0.1) is 5.69 Å². The van der Waals surface area contributed by atoms with Crippen LogP contribution in [0.25, 0.3) is 5.65 Å². The van der Waals surface area contributed by atoms with Crippen molar-refractivity contribution in [2.75, 3.05) is 6.26 Å². The Bertz CT molecular complexity index is 447. The number of hydrogen-bond acceptors (Lipinski definition) is 2. The van der Waals surface area contributed by atoms with E-state index in [1.807, 2.05) is 11.8 Å². The van der Waals surface area contributed by atoms with Gasteiger partial charge >= 0.3 is 0 Å². The van der Waals surface area contributed by atoms with Crippen molar-refractivity contribution in [1.82, 2.24) is 9.38 Å². The number of aromatic nitrogens is 2. The number of thioether (sulfide) groups is 1. The number of pyridine rings is 1. The van der Waals surface area contributed by atoms with E-state index in [-0.39, 0.29) is 0 Å². The lowest BCUT2D eigenvalue weighted by Gasteiger charge is -2.01. The minimum atomic E-state index is 0.468. The summed E-state index contributed by atoms with van der Waals surface area (Å²) in [7, 11) is 0. The molecule has 0 N–H and O–H groups in total. The maximum atomic E-state index is 4.57. The van der Waals surface area contributed by atoms with Crippen molar-refractivity contribution >= 4 is 17.4 Å². The molecule has 2 aromatic rings. The maximum absolute atomic E-state index is 4.57. The van der Waals surface area contributed by atoms with Crippen LogP contribution < -0.4 is 0 Å². The highest BCUT2D eigenvalue weighted by Crippen LogP contribution is 2.24. The summed E-state index contributed by atoms with van der Waals surface area (Å²) < 4.78 is 2.09. The second-order valence-corrected chi connectivity index (χ2v) is 4.69. The predicted octanol–water partition coefficient (Wildman–Crippen LogP) is 3.07. The van der Waals surface area contributed by atoms with Crippen molar-refractivity contribution in [3.05, 3.63) is 35.8 Å². The van der Waals surface area contributed by atoms with Crippen LogP contribution in [-0.4, -0.2) is 15.6 Å². The summed E-state index contributed by atoms with van der Waals surface area (Å²) in [5, 5.41) is 0.468. The highest BCUT2D eigenvalue weighted by Gasteiger charge is 2.07. The summed E-state index contributed by atoms with van der Waals surface area (Å²) in [5.41, 5.74) is 3.45. The third-order valence-electron chi connectivity index (χ3n) is 2.39. The van der Waals surface area contributed by atoms with Gasteiger partial charge in [0.1, 0.15) is 5.65 Å². The molecule has 0 saturated carbocycles. The fourth-order valence-corrected chi connectivity index (χ4v) is 1.79. The highest BCUT2D eigenvalue weighted by molar-refractivity contribution is 7.98. The minimum Gasteiger partial charge on any atom is -0.307 e. The number of fused-ring (bicyclic) bond motifs is 1. The minimum absolute atomic E-state index is 0.468. The van der Waals surface area contributed by atoms with Crippen molar-refractivity contribution in [1.29, 1.82) is 0 Å². The normalized spacial score (nSPS) is 13.4. The van der Waals surface area contributed by atoms with Crippen LogP contribution >= 0.6 is 11.8 Å². The largest absolute Gasteiger partial charge is 0.307 e. The predicted molar refractivity (Wildman–Crippen MR) is 61.9 cm³/mol. The zero-order valence-corrected chi connectivity index (χ0v) is 9.51. The molecule has 0 aliphatic carbocycles. The number of hydrogen-bond donors (Lipinski definition) is 0. The summed E-state index contributed by atoms with van der Waals surface area (Å²) in [6, 6.07) is 4.15. The summed E-state index contributed by atoms with van der Waals surface area (Å²) in [6.45, 7) is 4.27. The Kier molecular flexibility index (Phi) is 2.50. The van der Waals surface area contributed by atoms with E-state index in [0.717, 1.165) is 11.3 Å². The second kappa shape index (κ2) is 3.65. The molecule has 0 fully saturated rings. The number of nitrogens with zero attached hydrogens (tertiary/aromatic N) is 2. The molecule has 3 heteroatoms. The van der Waals surface area contributed by atoms with E-state index >= 15 is 0 Å². The van der Waals surface area contributed by atoms with Crippen molar-refractivity contribution in [2.45, 2.75) is 19.1 Å². The maximum Gasteiger partial charge on any atom is 0.137 e. The molecule has 0 saturated heterocycles. The first-order valence-electron chi connectivity index (χ1n) is 4.69. The summed E-state index contributed by atoms with van der Waals surface area (Å²) in [6.07, 6.45) is 6.34. The lowest BCUT2D eigenvalue weighted by atomic mass is 10.3. The Hall–Kier alpha value is -0.960. The summed E-state index contributed by atoms with van der Waals surface area (Å²) in [5.74, 6) is 0. The van der Waals surface area contributed by atoms with Crippen LogP contribution in [-0.2, 0) is 0 Å². The quantitative estimate of drug-likeness (QED) is 0.751. The monoisotopic (exact) mass is 206 g/mol. The van der Waals surface area contributed by atoms with E-state index in [2.05, 4.69) is 54.0 Å². The van der Waals surface area contributed by atoms with Gasteiger partial charge in [-0.3, -0.25) is 0 Å². The van der Waals surface area contributed by atoms with Crippen LogP contribution in [0.5, 0.6) is 0 Å². The lowest BCUT2D eigenvalue weighted by Crippen LogP contribution is -1.85. The molecule has 2 aromatic heterocycles. The van der Waals surface area contributed by atoms with Gasteiger partial charge in [-0.1, -0.05) is 6.07 Å². The van der Waals surface area contributed by atoms with Crippen LogP contribution in [0.4, 0.5) is 0 Å². The standard InChI is InChI=1S/C11H14N2S/c1-8-4-5-11-12-10(9(2)14-3)7-13(11)6-8/h4-7,9H,1-3H3. The van der Waals surface area contributed by atoms with Gasteiger partial charge in [0.2, 0.25) is 0 Å². The molecule has 0 aromatic carbocycles. The SMILES string of the molecule is CSC(C)c1cn2cc(C)ccc2n1. The molecule has 2 heterocycles. The van der Waals surface area contributed by atoms with Crippen LogP contribution in [0.2, 0.25) is 0 Å². The molecule has 14 heavy (non-hydrogen) atoms. The molecule has 0 amide bonds. The van der Waals surface area contributed by atoms with Gasteiger partial charge in [-0.2, -0.15) is 11.8 Å². The molecule has 0 radical (unpaired) electrons. The van der Waals surface area contributed by atoms with Crippen LogP contribution in [0.15, 0.2) is 24.5 Å². The van der Waals surface area contributed by atoms with Gasteiger partial charge in [-0.05, 0) is 31.7 Å². The van der Waals surface area contributed by atoms with Crippen LogP contribution in [0.1, 0.15) is 23.4 Å². The first-order valence-corrected chi connectivity index (χ1v) is 5.97. The average Bonchev–Trinajstić information content (AvgIpc) is 2.59. The van der Waals surface area contributed by atoms with Gasteiger partial charge in [0.15, 0.2) is 0 Å². The van der Waals surface area contributed by atoms with E-state index in [1.165, 1.54) is 5.56 Å². The van der Waals surface area contributed by atoms with E-state index in [0.29, 0.717) is 5.25 Å². The fourth-order valence-electron chi connectivity index (χ4n) is 1.44. The smallest absolute Gasteiger partial charge is 0.137 e. The Morgan fingerprint density at radius 1 is 1.36 bits per heavy atom. The highest BCUT2D eigenvalue weighted by atomic mass is 32.2. The van der Waals surface area contributed by atoms with Gasteiger partial charge < -0.3 is 4.40 Å². The van der Waals surface area contributed by atoms with Gasteiger partial charge in [-0.15, -0.1) is 0 Å². The number of imidazole rings is 1. The van der Waals surface area contributed by atoms with E-state index < -0.39 is 0 Å². The molecule has 1 atom stereocenters. The lowest BCUT2D eigenvalue weighted by molar-refractivity contribution is 1.04. The summed E-state index contributed by atoms with van der Waals surface area (Å²) in [4.78, 5) is 4.57. The topological polar surface area (TPSA) is 17.3 Å². The van der Waals surface area contributed by atoms with E-state index in [1.54, 1.807) is 0 Å². The van der Waals surface area contributed by atoms with Crippen molar-refractivity contribution in [3.63, 3.8) is 0 Å². The molecule has 74 valence electrons. The Morgan fingerprint density at radius 2 is 2.14 bits per heavy atom. The Morgan fingerprint density at radius 3 is 2.86 bits per heavy atom.